The largest absolute Gasteiger partial charge is 0.367 e. The smallest absolute Gasteiger partial charge is 0.224 e. The average Bonchev–Trinajstić information content (AvgIpc) is 2.63. The fraction of sp³-hybridized carbons (Fsp3) is 0.350. The fourth-order valence-corrected chi connectivity index (χ4v) is 2.98. The molecule has 2 aromatic rings. The number of carbonyl (C=O) groups is 1. The Morgan fingerprint density at radius 1 is 1.12 bits per heavy atom. The maximum Gasteiger partial charge on any atom is 0.224 e. The first-order valence-corrected chi connectivity index (χ1v) is 8.68. The summed E-state index contributed by atoms with van der Waals surface area (Å²) in [4.78, 5) is 14.1. The second-order valence-corrected chi connectivity index (χ2v) is 6.46. The number of amides is 1. The molecule has 0 aromatic heterocycles. The van der Waals surface area contributed by atoms with Crippen molar-refractivity contribution >= 4 is 24.0 Å². The Kier molecular flexibility index (Phi) is 7.42. The Balaban J connectivity index is 0.00000243. The molecule has 1 aliphatic heterocycles. The number of hydrogen-bond acceptors (Lipinski definition) is 3. The fourth-order valence-electron chi connectivity index (χ4n) is 2.98. The molecule has 140 valence electrons. The minimum absolute atomic E-state index is 0. The lowest BCUT2D eigenvalue weighted by Gasteiger charge is -2.29. The van der Waals surface area contributed by atoms with E-state index in [4.69, 9.17) is 0 Å². The van der Waals surface area contributed by atoms with Gasteiger partial charge >= 0.3 is 0 Å². The third-order valence-electron chi connectivity index (χ3n) is 4.44. The monoisotopic (exact) mass is 377 g/mol. The third-order valence-corrected chi connectivity index (χ3v) is 4.44. The van der Waals surface area contributed by atoms with Crippen molar-refractivity contribution in [1.29, 1.82) is 0 Å². The molecule has 1 amide bonds. The minimum atomic E-state index is -0.229. The second-order valence-electron chi connectivity index (χ2n) is 6.46. The number of anilines is 1. The van der Waals surface area contributed by atoms with Gasteiger partial charge in [0.05, 0.1) is 12.1 Å². The van der Waals surface area contributed by atoms with Crippen LogP contribution in [-0.2, 0) is 17.8 Å². The van der Waals surface area contributed by atoms with E-state index < -0.39 is 0 Å². The van der Waals surface area contributed by atoms with Crippen LogP contribution in [0, 0.1) is 12.7 Å². The van der Waals surface area contributed by atoms with Crippen LogP contribution in [0.3, 0.4) is 0 Å². The van der Waals surface area contributed by atoms with Crippen molar-refractivity contribution in [3.05, 3.63) is 65.0 Å². The summed E-state index contributed by atoms with van der Waals surface area (Å²) in [5.41, 5.74) is 3.55. The van der Waals surface area contributed by atoms with Crippen molar-refractivity contribution in [1.82, 2.24) is 10.6 Å². The Bertz CT molecular complexity index is 730. The first-order valence-electron chi connectivity index (χ1n) is 8.68. The highest BCUT2D eigenvalue weighted by Gasteiger charge is 2.14. The molecular weight excluding hydrogens is 353 g/mol. The molecule has 26 heavy (non-hydrogen) atoms. The van der Waals surface area contributed by atoms with Gasteiger partial charge in [-0.15, -0.1) is 12.4 Å². The summed E-state index contributed by atoms with van der Waals surface area (Å²) in [6.07, 6.45) is 0.335. The molecule has 1 fully saturated rings. The lowest BCUT2D eigenvalue weighted by molar-refractivity contribution is -0.120. The van der Waals surface area contributed by atoms with E-state index in [1.807, 2.05) is 48.2 Å². The highest BCUT2D eigenvalue weighted by atomic mass is 35.5. The molecule has 0 saturated carbocycles. The first kappa shape index (κ1) is 20.2. The lowest BCUT2D eigenvalue weighted by Crippen LogP contribution is -2.43. The molecule has 4 nitrogen and oxygen atoms in total. The number of piperazine rings is 1. The van der Waals surface area contributed by atoms with Crippen LogP contribution in [0.25, 0.3) is 0 Å². The van der Waals surface area contributed by atoms with Crippen LogP contribution in [-0.4, -0.2) is 32.1 Å². The number of carbonyl (C=O) groups excluding carboxylic acids is 1. The van der Waals surface area contributed by atoms with Crippen molar-refractivity contribution in [2.45, 2.75) is 19.9 Å². The maximum absolute atomic E-state index is 14.4. The predicted octanol–water partition coefficient (Wildman–Crippen LogP) is 2.82. The van der Waals surface area contributed by atoms with Gasteiger partial charge in [-0.25, -0.2) is 4.39 Å². The van der Waals surface area contributed by atoms with Crippen molar-refractivity contribution in [2.24, 2.45) is 0 Å². The van der Waals surface area contributed by atoms with Crippen LogP contribution in [0.1, 0.15) is 16.7 Å². The average molecular weight is 378 g/mol. The molecular formula is C20H25ClFN3O. The number of nitrogens with zero attached hydrogens (tertiary/aromatic N) is 1. The van der Waals surface area contributed by atoms with Gasteiger partial charge in [0.25, 0.3) is 0 Å². The van der Waals surface area contributed by atoms with E-state index >= 15 is 0 Å². The minimum Gasteiger partial charge on any atom is -0.367 e. The van der Waals surface area contributed by atoms with Crippen LogP contribution in [0.4, 0.5) is 10.1 Å². The zero-order chi connectivity index (χ0) is 17.6. The van der Waals surface area contributed by atoms with Crippen LogP contribution < -0.4 is 15.5 Å². The number of halogens is 2. The van der Waals surface area contributed by atoms with Gasteiger partial charge in [-0.3, -0.25) is 4.79 Å². The van der Waals surface area contributed by atoms with Crippen LogP contribution in [0.15, 0.2) is 42.5 Å². The zero-order valence-corrected chi connectivity index (χ0v) is 15.7. The normalized spacial score (nSPS) is 13.8. The van der Waals surface area contributed by atoms with Gasteiger partial charge < -0.3 is 15.5 Å². The van der Waals surface area contributed by atoms with E-state index in [9.17, 15) is 9.18 Å². The van der Waals surface area contributed by atoms with Gasteiger partial charge in [-0.2, -0.15) is 0 Å². The molecule has 0 aliphatic carbocycles. The molecule has 0 bridgehead atoms. The van der Waals surface area contributed by atoms with E-state index in [-0.39, 0.29) is 24.1 Å². The molecule has 1 saturated heterocycles. The van der Waals surface area contributed by atoms with Crippen molar-refractivity contribution in [3.8, 4) is 0 Å². The van der Waals surface area contributed by atoms with Gasteiger partial charge in [0.1, 0.15) is 5.82 Å². The number of hydrogen-bond donors (Lipinski definition) is 2. The highest BCUT2D eigenvalue weighted by Crippen LogP contribution is 2.21. The van der Waals surface area contributed by atoms with E-state index in [0.29, 0.717) is 18.7 Å². The molecule has 0 radical (unpaired) electrons. The van der Waals surface area contributed by atoms with Crippen molar-refractivity contribution < 1.29 is 9.18 Å². The quantitative estimate of drug-likeness (QED) is 0.842. The van der Waals surface area contributed by atoms with E-state index in [2.05, 4.69) is 10.6 Å². The first-order chi connectivity index (χ1) is 12.1. The SMILES string of the molecule is Cc1ccc(CC(=O)NCc2ccc(N3CCNCC3)c(F)c2)cc1.Cl. The zero-order valence-electron chi connectivity index (χ0n) is 14.9. The van der Waals surface area contributed by atoms with Gasteiger partial charge in [-0.1, -0.05) is 35.9 Å². The second kappa shape index (κ2) is 9.55. The van der Waals surface area contributed by atoms with Crippen molar-refractivity contribution in [3.63, 3.8) is 0 Å². The Morgan fingerprint density at radius 3 is 2.42 bits per heavy atom. The molecule has 1 aliphatic rings. The summed E-state index contributed by atoms with van der Waals surface area (Å²) < 4.78 is 14.4. The number of aryl methyl sites for hydroxylation is 1. The molecule has 0 spiro atoms. The summed E-state index contributed by atoms with van der Waals surface area (Å²) in [7, 11) is 0. The van der Waals surface area contributed by atoms with E-state index in [1.54, 1.807) is 0 Å². The summed E-state index contributed by atoms with van der Waals surface area (Å²) >= 11 is 0. The summed E-state index contributed by atoms with van der Waals surface area (Å²) in [6, 6.07) is 13.1. The third kappa shape index (κ3) is 5.44. The summed E-state index contributed by atoms with van der Waals surface area (Å²) in [5.74, 6) is -0.289. The Morgan fingerprint density at radius 2 is 1.77 bits per heavy atom. The molecule has 3 rings (SSSR count). The molecule has 1 heterocycles. The van der Waals surface area contributed by atoms with Gasteiger partial charge in [0, 0.05) is 32.7 Å². The van der Waals surface area contributed by atoms with Crippen LogP contribution in [0.5, 0.6) is 0 Å². The molecule has 2 aromatic carbocycles. The van der Waals surface area contributed by atoms with Crippen LogP contribution >= 0.6 is 12.4 Å². The number of benzene rings is 2. The Labute approximate surface area is 160 Å². The molecule has 0 atom stereocenters. The summed E-state index contributed by atoms with van der Waals surface area (Å²) in [5, 5.41) is 6.12. The van der Waals surface area contributed by atoms with Crippen molar-refractivity contribution in [2.75, 3.05) is 31.1 Å². The molecule has 2 N–H and O–H groups in total. The van der Waals surface area contributed by atoms with E-state index in [0.717, 1.165) is 37.3 Å². The molecule has 6 heteroatoms. The van der Waals surface area contributed by atoms with Gasteiger partial charge in [0.15, 0.2) is 0 Å². The lowest BCUT2D eigenvalue weighted by atomic mass is 10.1. The molecule has 0 unspecified atom stereocenters. The maximum atomic E-state index is 14.4. The Hall–Kier alpha value is -2.11. The standard InChI is InChI=1S/C20H24FN3O.ClH/c1-15-2-4-16(5-3-15)13-20(25)23-14-17-6-7-19(18(21)12-17)24-10-8-22-9-11-24;/h2-7,12,22H,8-11,13-14H2,1H3,(H,23,25);1H. The van der Waals surface area contributed by atoms with Crippen LogP contribution in [0.2, 0.25) is 0 Å². The predicted molar refractivity (Wildman–Crippen MR) is 105 cm³/mol. The van der Waals surface area contributed by atoms with Gasteiger partial charge in [0.2, 0.25) is 5.91 Å². The number of nitrogens with one attached hydrogen (secondary N) is 2. The highest BCUT2D eigenvalue weighted by molar-refractivity contribution is 5.85. The summed E-state index contributed by atoms with van der Waals surface area (Å²) in [6.45, 7) is 5.71. The van der Waals surface area contributed by atoms with Gasteiger partial charge in [-0.05, 0) is 30.2 Å². The topological polar surface area (TPSA) is 44.4 Å². The van der Waals surface area contributed by atoms with E-state index in [1.165, 1.54) is 11.6 Å². The number of rotatable bonds is 5.